The molecule has 0 heterocycles. The van der Waals surface area contributed by atoms with E-state index >= 15 is 0 Å². The molecular weight excluding hydrogens is 214 g/mol. The van der Waals surface area contributed by atoms with Crippen molar-refractivity contribution in [3.8, 4) is 11.5 Å². The van der Waals surface area contributed by atoms with Crippen molar-refractivity contribution in [2.45, 2.75) is 13.5 Å². The van der Waals surface area contributed by atoms with Gasteiger partial charge in [-0.25, -0.2) is 0 Å². The van der Waals surface area contributed by atoms with Crippen molar-refractivity contribution in [3.05, 3.63) is 53.6 Å². The minimum absolute atomic E-state index is 0.245. The Labute approximate surface area is 100 Å². The third kappa shape index (κ3) is 2.91. The van der Waals surface area contributed by atoms with Gasteiger partial charge in [-0.05, 0) is 36.2 Å². The molecule has 0 atom stereocenters. The molecule has 3 nitrogen and oxygen atoms in total. The summed E-state index contributed by atoms with van der Waals surface area (Å²) < 4.78 is 5.59. The average molecular weight is 229 g/mol. The number of phenols is 1. The van der Waals surface area contributed by atoms with E-state index in [9.17, 15) is 5.11 Å². The van der Waals surface area contributed by atoms with E-state index in [-0.39, 0.29) is 5.75 Å². The molecule has 0 aliphatic carbocycles. The van der Waals surface area contributed by atoms with E-state index in [4.69, 9.17) is 10.5 Å². The lowest BCUT2D eigenvalue weighted by molar-refractivity contribution is 0.305. The molecular formula is C14H15NO2. The van der Waals surface area contributed by atoms with Crippen LogP contribution in [0.15, 0.2) is 42.5 Å². The van der Waals surface area contributed by atoms with Crippen molar-refractivity contribution in [1.82, 2.24) is 0 Å². The van der Waals surface area contributed by atoms with Crippen LogP contribution in [-0.4, -0.2) is 5.11 Å². The molecule has 0 amide bonds. The van der Waals surface area contributed by atoms with Gasteiger partial charge in [0.05, 0.1) is 0 Å². The van der Waals surface area contributed by atoms with Gasteiger partial charge in [0.15, 0.2) is 0 Å². The highest BCUT2D eigenvalue weighted by atomic mass is 16.5. The molecule has 2 aromatic carbocycles. The first-order chi connectivity index (χ1) is 8.15. The number of hydrogen-bond donors (Lipinski definition) is 2. The van der Waals surface area contributed by atoms with Crippen LogP contribution in [0.4, 0.5) is 5.69 Å². The number of hydrogen-bond acceptors (Lipinski definition) is 3. The zero-order chi connectivity index (χ0) is 12.3. The maximum atomic E-state index is 9.32. The Hall–Kier alpha value is -2.16. The Bertz CT molecular complexity index is 523. The summed E-state index contributed by atoms with van der Waals surface area (Å²) in [6, 6.07) is 12.6. The maximum Gasteiger partial charge on any atom is 0.121 e. The number of anilines is 1. The first kappa shape index (κ1) is 11.3. The Morgan fingerprint density at radius 3 is 2.71 bits per heavy atom. The predicted octanol–water partition coefficient (Wildman–Crippen LogP) is 2.86. The van der Waals surface area contributed by atoms with Crippen LogP contribution in [0.2, 0.25) is 0 Å². The normalized spacial score (nSPS) is 10.2. The first-order valence-electron chi connectivity index (χ1n) is 5.42. The third-order valence-corrected chi connectivity index (χ3v) is 2.57. The molecule has 0 fully saturated rings. The third-order valence-electron chi connectivity index (χ3n) is 2.57. The lowest BCUT2D eigenvalue weighted by Crippen LogP contribution is -1.97. The van der Waals surface area contributed by atoms with Crippen LogP contribution in [-0.2, 0) is 6.61 Å². The van der Waals surface area contributed by atoms with Crippen molar-refractivity contribution in [2.75, 3.05) is 5.73 Å². The summed E-state index contributed by atoms with van der Waals surface area (Å²) in [5, 5.41) is 9.32. The highest BCUT2D eigenvalue weighted by molar-refractivity contribution is 5.50. The standard InChI is InChI=1S/C14H15NO2/c1-10-5-6-13(8-14(10)15)17-9-11-3-2-4-12(16)7-11/h2-8,16H,9,15H2,1H3. The summed E-state index contributed by atoms with van der Waals surface area (Å²) in [6.45, 7) is 2.37. The predicted molar refractivity (Wildman–Crippen MR) is 68.0 cm³/mol. The van der Waals surface area contributed by atoms with Gasteiger partial charge in [0.25, 0.3) is 0 Å². The molecule has 0 aliphatic heterocycles. The van der Waals surface area contributed by atoms with Gasteiger partial charge < -0.3 is 15.6 Å². The summed E-state index contributed by atoms with van der Waals surface area (Å²) in [5.74, 6) is 0.978. The lowest BCUT2D eigenvalue weighted by atomic mass is 10.2. The summed E-state index contributed by atoms with van der Waals surface area (Å²) in [6.07, 6.45) is 0. The number of aryl methyl sites for hydroxylation is 1. The molecule has 2 aromatic rings. The number of phenolic OH excluding ortho intramolecular Hbond substituents is 1. The summed E-state index contributed by atoms with van der Waals surface area (Å²) in [5.41, 5.74) is 8.47. The van der Waals surface area contributed by atoms with Crippen LogP contribution < -0.4 is 10.5 Å². The smallest absolute Gasteiger partial charge is 0.121 e. The lowest BCUT2D eigenvalue weighted by Gasteiger charge is -2.08. The summed E-state index contributed by atoms with van der Waals surface area (Å²) >= 11 is 0. The minimum Gasteiger partial charge on any atom is -0.508 e. The first-order valence-corrected chi connectivity index (χ1v) is 5.42. The molecule has 3 heteroatoms. The Kier molecular flexibility index (Phi) is 3.19. The molecule has 0 unspecified atom stereocenters. The van der Waals surface area contributed by atoms with Crippen LogP contribution in [0.5, 0.6) is 11.5 Å². The molecule has 2 rings (SSSR count). The molecule has 0 spiro atoms. The highest BCUT2D eigenvalue weighted by Gasteiger charge is 1.99. The van der Waals surface area contributed by atoms with Crippen LogP contribution in [0.1, 0.15) is 11.1 Å². The monoisotopic (exact) mass is 229 g/mol. The van der Waals surface area contributed by atoms with Gasteiger partial charge in [-0.2, -0.15) is 0 Å². The molecule has 88 valence electrons. The fourth-order valence-electron chi connectivity index (χ4n) is 1.52. The van der Waals surface area contributed by atoms with Gasteiger partial charge in [0.2, 0.25) is 0 Å². The number of benzene rings is 2. The van der Waals surface area contributed by atoms with Gasteiger partial charge >= 0.3 is 0 Å². The minimum atomic E-state index is 0.245. The number of nitrogen functional groups attached to an aromatic ring is 1. The zero-order valence-corrected chi connectivity index (χ0v) is 9.68. The van der Waals surface area contributed by atoms with E-state index in [1.54, 1.807) is 24.3 Å². The van der Waals surface area contributed by atoms with E-state index in [0.717, 1.165) is 22.6 Å². The summed E-state index contributed by atoms with van der Waals surface area (Å²) in [7, 11) is 0. The molecule has 0 bridgehead atoms. The van der Waals surface area contributed by atoms with Crippen LogP contribution in [0, 0.1) is 6.92 Å². The quantitative estimate of drug-likeness (QED) is 0.796. The van der Waals surface area contributed by atoms with E-state index in [0.29, 0.717) is 6.61 Å². The topological polar surface area (TPSA) is 55.5 Å². The second-order valence-electron chi connectivity index (χ2n) is 3.98. The molecule has 3 N–H and O–H groups in total. The van der Waals surface area contributed by atoms with E-state index < -0.39 is 0 Å². The van der Waals surface area contributed by atoms with Crippen molar-refractivity contribution in [2.24, 2.45) is 0 Å². The van der Waals surface area contributed by atoms with Crippen LogP contribution in [0.25, 0.3) is 0 Å². The fourth-order valence-corrected chi connectivity index (χ4v) is 1.52. The Morgan fingerprint density at radius 2 is 2.00 bits per heavy atom. The molecule has 0 saturated carbocycles. The largest absolute Gasteiger partial charge is 0.508 e. The fraction of sp³-hybridized carbons (Fsp3) is 0.143. The van der Waals surface area contributed by atoms with E-state index in [1.165, 1.54) is 0 Å². The number of ether oxygens (including phenoxy) is 1. The number of aromatic hydroxyl groups is 1. The van der Waals surface area contributed by atoms with Gasteiger partial charge in [0.1, 0.15) is 18.1 Å². The van der Waals surface area contributed by atoms with Crippen molar-refractivity contribution < 1.29 is 9.84 Å². The average Bonchev–Trinajstić information content (AvgIpc) is 2.31. The maximum absolute atomic E-state index is 9.32. The molecule has 0 aliphatic rings. The van der Waals surface area contributed by atoms with E-state index in [1.807, 2.05) is 25.1 Å². The Balaban J connectivity index is 2.05. The van der Waals surface area contributed by atoms with Gasteiger partial charge in [-0.15, -0.1) is 0 Å². The zero-order valence-electron chi connectivity index (χ0n) is 9.68. The second-order valence-corrected chi connectivity index (χ2v) is 3.98. The van der Waals surface area contributed by atoms with E-state index in [2.05, 4.69) is 0 Å². The second kappa shape index (κ2) is 4.78. The van der Waals surface area contributed by atoms with Gasteiger partial charge in [-0.1, -0.05) is 18.2 Å². The van der Waals surface area contributed by atoms with Crippen molar-refractivity contribution in [1.29, 1.82) is 0 Å². The van der Waals surface area contributed by atoms with Gasteiger partial charge in [0, 0.05) is 11.8 Å². The number of rotatable bonds is 3. The number of nitrogens with two attached hydrogens (primary N) is 1. The molecule has 17 heavy (non-hydrogen) atoms. The highest BCUT2D eigenvalue weighted by Crippen LogP contribution is 2.20. The summed E-state index contributed by atoms with van der Waals surface area (Å²) in [4.78, 5) is 0. The van der Waals surface area contributed by atoms with Crippen LogP contribution >= 0.6 is 0 Å². The molecule has 0 radical (unpaired) electrons. The molecule has 0 saturated heterocycles. The van der Waals surface area contributed by atoms with Gasteiger partial charge in [-0.3, -0.25) is 0 Å². The SMILES string of the molecule is Cc1ccc(OCc2cccc(O)c2)cc1N. The Morgan fingerprint density at radius 1 is 1.18 bits per heavy atom. The van der Waals surface area contributed by atoms with Crippen molar-refractivity contribution in [3.63, 3.8) is 0 Å². The van der Waals surface area contributed by atoms with Crippen LogP contribution in [0.3, 0.4) is 0 Å². The molecule has 0 aromatic heterocycles. The van der Waals surface area contributed by atoms with Crippen molar-refractivity contribution >= 4 is 5.69 Å².